The molecule has 3 unspecified atom stereocenters. The summed E-state index contributed by atoms with van der Waals surface area (Å²) < 4.78 is 5.91. The van der Waals surface area contributed by atoms with Gasteiger partial charge in [0.15, 0.2) is 0 Å². The monoisotopic (exact) mass is 246 g/mol. The van der Waals surface area contributed by atoms with Gasteiger partial charge in [0.1, 0.15) is 11.5 Å². The average molecular weight is 246 g/mol. The summed E-state index contributed by atoms with van der Waals surface area (Å²) in [5.41, 5.74) is 5.79. The van der Waals surface area contributed by atoms with E-state index in [1.165, 1.54) is 6.42 Å². The maximum atomic E-state index is 5.91. The van der Waals surface area contributed by atoms with Crippen LogP contribution in [0.3, 0.4) is 0 Å². The quantitative estimate of drug-likeness (QED) is 0.598. The number of hydrogen-bond acceptors (Lipinski definition) is 3. The Morgan fingerprint density at radius 1 is 1.56 bits per heavy atom. The van der Waals surface area contributed by atoms with Gasteiger partial charge in [-0.25, -0.2) is 0 Å². The Labute approximate surface area is 109 Å². The molecule has 1 saturated carbocycles. The molecule has 2 rings (SSSR count). The van der Waals surface area contributed by atoms with E-state index in [0.29, 0.717) is 12.5 Å². The molecule has 3 N–H and O–H groups in total. The predicted octanol–water partition coefficient (Wildman–Crippen LogP) is 2.41. The van der Waals surface area contributed by atoms with Gasteiger partial charge < -0.3 is 15.5 Å². The lowest BCUT2D eigenvalue weighted by molar-refractivity contribution is 0.396. The summed E-state index contributed by atoms with van der Waals surface area (Å²) in [7, 11) is 0. The van der Waals surface area contributed by atoms with Crippen LogP contribution in [0.2, 0.25) is 0 Å². The Morgan fingerprint density at radius 2 is 2.33 bits per heavy atom. The molecule has 1 fully saturated rings. The lowest BCUT2D eigenvalue weighted by Crippen LogP contribution is -2.28. The Hall–Kier alpha value is -1.24. The lowest BCUT2D eigenvalue weighted by atomic mass is 10.2. The van der Waals surface area contributed by atoms with Crippen LogP contribution >= 0.6 is 0 Å². The van der Waals surface area contributed by atoms with Crippen molar-refractivity contribution >= 4 is 0 Å². The van der Waals surface area contributed by atoms with E-state index in [1.54, 1.807) is 0 Å². The van der Waals surface area contributed by atoms with Crippen molar-refractivity contribution < 1.29 is 4.42 Å². The van der Waals surface area contributed by atoms with E-state index in [0.717, 1.165) is 30.4 Å². The van der Waals surface area contributed by atoms with Gasteiger partial charge in [0, 0.05) is 25.4 Å². The molecular weight excluding hydrogens is 224 g/mol. The molecule has 1 aromatic rings. The van der Waals surface area contributed by atoms with Gasteiger partial charge >= 0.3 is 0 Å². The minimum atomic E-state index is 0.103. The molecule has 0 spiro atoms. The van der Waals surface area contributed by atoms with Gasteiger partial charge in [-0.2, -0.15) is 0 Å². The van der Waals surface area contributed by atoms with Crippen molar-refractivity contribution in [3.63, 3.8) is 0 Å². The summed E-state index contributed by atoms with van der Waals surface area (Å²) in [4.78, 5) is 0. The standard InChI is InChI=1S/C15H22N2O/c1-3-4-5-8-17-13(10-16)15-7-6-14(18-15)12-9-11(12)2/h6-7,11-13,17H,5,8-10,16H2,1-2H3. The number of hydrogen-bond donors (Lipinski definition) is 2. The molecule has 0 saturated heterocycles. The fourth-order valence-electron chi connectivity index (χ4n) is 2.21. The summed E-state index contributed by atoms with van der Waals surface area (Å²) in [6.45, 7) is 5.51. The van der Waals surface area contributed by atoms with Crippen molar-refractivity contribution in [2.45, 2.75) is 38.6 Å². The molecule has 0 bridgehead atoms. The lowest BCUT2D eigenvalue weighted by Gasteiger charge is -2.13. The zero-order valence-corrected chi connectivity index (χ0v) is 11.2. The maximum Gasteiger partial charge on any atom is 0.122 e. The van der Waals surface area contributed by atoms with E-state index in [4.69, 9.17) is 10.2 Å². The second-order valence-electron chi connectivity index (χ2n) is 4.98. The Morgan fingerprint density at radius 3 is 2.94 bits per heavy atom. The minimum Gasteiger partial charge on any atom is -0.464 e. The molecule has 3 heteroatoms. The van der Waals surface area contributed by atoms with Gasteiger partial charge in [0.05, 0.1) is 6.04 Å². The van der Waals surface area contributed by atoms with Crippen molar-refractivity contribution in [2.24, 2.45) is 11.7 Å². The summed E-state index contributed by atoms with van der Waals surface area (Å²) in [5.74, 6) is 9.39. The molecule has 3 nitrogen and oxygen atoms in total. The molecule has 0 amide bonds. The van der Waals surface area contributed by atoms with Gasteiger partial charge in [-0.05, 0) is 31.4 Å². The molecule has 1 aliphatic carbocycles. The molecule has 0 aromatic carbocycles. The van der Waals surface area contributed by atoms with E-state index in [9.17, 15) is 0 Å². The molecule has 0 aliphatic heterocycles. The topological polar surface area (TPSA) is 51.2 Å². The molecule has 1 heterocycles. The van der Waals surface area contributed by atoms with Crippen LogP contribution in [-0.4, -0.2) is 13.1 Å². The van der Waals surface area contributed by atoms with Crippen molar-refractivity contribution in [2.75, 3.05) is 13.1 Å². The molecular formula is C15H22N2O. The zero-order chi connectivity index (χ0) is 13.0. The van der Waals surface area contributed by atoms with Gasteiger partial charge in [-0.15, -0.1) is 11.8 Å². The normalized spacial score (nSPS) is 23.3. The van der Waals surface area contributed by atoms with E-state index < -0.39 is 0 Å². The highest BCUT2D eigenvalue weighted by atomic mass is 16.3. The fraction of sp³-hybridized carbons (Fsp3) is 0.600. The number of rotatable bonds is 6. The largest absolute Gasteiger partial charge is 0.464 e. The van der Waals surface area contributed by atoms with E-state index in [1.807, 2.05) is 6.92 Å². The van der Waals surface area contributed by atoms with Crippen molar-refractivity contribution in [3.05, 3.63) is 23.7 Å². The van der Waals surface area contributed by atoms with Gasteiger partial charge in [0.2, 0.25) is 0 Å². The van der Waals surface area contributed by atoms with E-state index in [-0.39, 0.29) is 6.04 Å². The highest BCUT2D eigenvalue weighted by Gasteiger charge is 2.36. The maximum absolute atomic E-state index is 5.91. The smallest absolute Gasteiger partial charge is 0.122 e. The number of furan rings is 1. The van der Waals surface area contributed by atoms with Gasteiger partial charge in [-0.1, -0.05) is 6.92 Å². The van der Waals surface area contributed by atoms with Crippen LogP contribution in [-0.2, 0) is 0 Å². The van der Waals surface area contributed by atoms with Crippen LogP contribution in [0.15, 0.2) is 16.5 Å². The molecule has 3 atom stereocenters. The highest BCUT2D eigenvalue weighted by Crippen LogP contribution is 2.47. The van der Waals surface area contributed by atoms with Crippen LogP contribution in [0.25, 0.3) is 0 Å². The third kappa shape index (κ3) is 3.16. The molecule has 98 valence electrons. The Balaban J connectivity index is 1.90. The molecule has 18 heavy (non-hydrogen) atoms. The SMILES string of the molecule is CC#CCCNC(CN)c1ccc(C2CC2C)o1. The third-order valence-corrected chi connectivity index (χ3v) is 3.52. The highest BCUT2D eigenvalue weighted by molar-refractivity contribution is 5.19. The zero-order valence-electron chi connectivity index (χ0n) is 11.2. The first-order valence-electron chi connectivity index (χ1n) is 6.69. The Kier molecular flexibility index (Phi) is 4.46. The average Bonchev–Trinajstić information content (AvgIpc) is 2.92. The van der Waals surface area contributed by atoms with Crippen LogP contribution < -0.4 is 11.1 Å². The predicted molar refractivity (Wildman–Crippen MR) is 73.1 cm³/mol. The van der Waals surface area contributed by atoms with Crippen LogP contribution in [0, 0.1) is 17.8 Å². The van der Waals surface area contributed by atoms with Crippen LogP contribution in [0.4, 0.5) is 0 Å². The fourth-order valence-corrected chi connectivity index (χ4v) is 2.21. The van der Waals surface area contributed by atoms with Crippen molar-refractivity contribution in [3.8, 4) is 11.8 Å². The first-order chi connectivity index (χ1) is 8.76. The van der Waals surface area contributed by atoms with Gasteiger partial charge in [0.25, 0.3) is 0 Å². The minimum absolute atomic E-state index is 0.103. The van der Waals surface area contributed by atoms with Crippen LogP contribution in [0.1, 0.15) is 50.2 Å². The van der Waals surface area contributed by atoms with E-state index >= 15 is 0 Å². The summed E-state index contributed by atoms with van der Waals surface area (Å²) in [6.07, 6.45) is 2.10. The number of nitrogens with one attached hydrogen (secondary N) is 1. The van der Waals surface area contributed by atoms with Crippen molar-refractivity contribution in [1.82, 2.24) is 5.32 Å². The Bertz CT molecular complexity index is 441. The number of nitrogens with two attached hydrogens (primary N) is 1. The summed E-state index contributed by atoms with van der Waals surface area (Å²) >= 11 is 0. The third-order valence-electron chi connectivity index (χ3n) is 3.52. The molecule has 0 radical (unpaired) electrons. The van der Waals surface area contributed by atoms with Crippen molar-refractivity contribution in [1.29, 1.82) is 0 Å². The summed E-state index contributed by atoms with van der Waals surface area (Å²) in [6, 6.07) is 4.25. The summed E-state index contributed by atoms with van der Waals surface area (Å²) in [5, 5.41) is 3.38. The first-order valence-corrected chi connectivity index (χ1v) is 6.69. The second-order valence-corrected chi connectivity index (χ2v) is 4.98. The molecule has 1 aromatic heterocycles. The second kappa shape index (κ2) is 6.08. The van der Waals surface area contributed by atoms with Gasteiger partial charge in [-0.3, -0.25) is 0 Å². The molecule has 1 aliphatic rings. The van der Waals surface area contributed by atoms with E-state index in [2.05, 4.69) is 36.2 Å². The first kappa shape index (κ1) is 13.2. The van der Waals surface area contributed by atoms with Crippen LogP contribution in [0.5, 0.6) is 0 Å².